The minimum Gasteiger partial charge on any atom is -0.466 e. The highest BCUT2D eigenvalue weighted by Crippen LogP contribution is 2.44. The molecule has 0 aliphatic carbocycles. The van der Waals surface area contributed by atoms with Crippen molar-refractivity contribution in [3.63, 3.8) is 0 Å². The number of alkyl halides is 6. The Hall–Kier alpha value is -3.22. The van der Waals surface area contributed by atoms with Gasteiger partial charge >= 0.3 is 18.3 Å². The van der Waals surface area contributed by atoms with Crippen molar-refractivity contribution in [2.75, 3.05) is 31.6 Å². The van der Waals surface area contributed by atoms with Gasteiger partial charge in [-0.3, -0.25) is 0 Å². The van der Waals surface area contributed by atoms with Gasteiger partial charge in [0.2, 0.25) is 0 Å². The highest BCUT2D eigenvalue weighted by molar-refractivity contribution is 7.91. The van der Waals surface area contributed by atoms with E-state index in [1.165, 1.54) is 30.9 Å². The SMILES string of the molecule is COC(=O)C(O)(c1ccc(S(=O)(=O)N2CCN(c3ccc(-c4nc(C)no4)cc3C(F)(F)F)CC2C)s1)C(F)(F)F. The number of anilines is 1. The smallest absolute Gasteiger partial charge is 0.433 e. The largest absolute Gasteiger partial charge is 0.466 e. The van der Waals surface area contributed by atoms with E-state index in [0.29, 0.717) is 13.2 Å². The number of carbonyl (C=O) groups is 1. The molecule has 0 spiro atoms. The number of aromatic nitrogens is 2. The maximum atomic E-state index is 14.0. The molecule has 41 heavy (non-hydrogen) atoms. The molecule has 2 unspecified atom stereocenters. The number of benzene rings is 1. The summed E-state index contributed by atoms with van der Waals surface area (Å²) in [7, 11) is -3.83. The molecule has 3 heterocycles. The molecule has 0 radical (unpaired) electrons. The molecule has 224 valence electrons. The van der Waals surface area contributed by atoms with Crippen molar-refractivity contribution in [1.82, 2.24) is 14.4 Å². The van der Waals surface area contributed by atoms with E-state index in [0.717, 1.165) is 16.4 Å². The van der Waals surface area contributed by atoms with E-state index < -0.39 is 54.6 Å². The molecule has 2 aromatic heterocycles. The summed E-state index contributed by atoms with van der Waals surface area (Å²) in [5.74, 6) is -1.92. The second kappa shape index (κ2) is 10.6. The third-order valence-electron chi connectivity index (χ3n) is 6.38. The van der Waals surface area contributed by atoms with Crippen molar-refractivity contribution in [1.29, 1.82) is 0 Å². The van der Waals surface area contributed by atoms with Gasteiger partial charge in [-0.1, -0.05) is 5.16 Å². The normalized spacial score (nSPS) is 18.8. The van der Waals surface area contributed by atoms with Gasteiger partial charge in [0, 0.05) is 36.9 Å². The van der Waals surface area contributed by atoms with Crippen LogP contribution in [0.1, 0.15) is 23.2 Å². The molecule has 3 aromatic rings. The average molecular weight is 629 g/mol. The summed E-state index contributed by atoms with van der Waals surface area (Å²) in [6, 6.07) is 3.98. The first kappa shape index (κ1) is 30.7. The van der Waals surface area contributed by atoms with E-state index in [1.807, 2.05) is 0 Å². The Morgan fingerprint density at radius 1 is 1.15 bits per heavy atom. The van der Waals surface area contributed by atoms with Crippen LogP contribution in [-0.2, 0) is 31.3 Å². The fourth-order valence-electron chi connectivity index (χ4n) is 4.38. The fraction of sp³-hybridized carbons (Fsp3) is 0.435. The molecular weight excluding hydrogens is 606 g/mol. The van der Waals surface area contributed by atoms with Crippen LogP contribution in [0.25, 0.3) is 11.5 Å². The molecule has 0 amide bonds. The third-order valence-corrected chi connectivity index (χ3v) is 10.1. The number of ether oxygens (including phenoxy) is 1. The van der Waals surface area contributed by atoms with E-state index in [2.05, 4.69) is 14.9 Å². The number of carbonyl (C=O) groups excluding carboxylic acids is 1. The first-order valence-corrected chi connectivity index (χ1v) is 13.9. The van der Waals surface area contributed by atoms with E-state index >= 15 is 0 Å². The number of piperazine rings is 1. The monoisotopic (exact) mass is 628 g/mol. The van der Waals surface area contributed by atoms with Crippen LogP contribution >= 0.6 is 11.3 Å². The van der Waals surface area contributed by atoms with Gasteiger partial charge in [-0.05, 0) is 44.2 Å². The molecule has 18 heteroatoms. The minimum absolute atomic E-state index is 0.0345. The number of hydrogen-bond acceptors (Lipinski definition) is 10. The maximum Gasteiger partial charge on any atom is 0.433 e. The van der Waals surface area contributed by atoms with Gasteiger partial charge < -0.3 is 19.3 Å². The summed E-state index contributed by atoms with van der Waals surface area (Å²) in [5, 5.41) is 13.7. The number of esters is 1. The molecule has 0 bridgehead atoms. The van der Waals surface area contributed by atoms with Gasteiger partial charge in [-0.25, -0.2) is 13.2 Å². The van der Waals surface area contributed by atoms with Gasteiger partial charge in [-0.2, -0.15) is 35.6 Å². The van der Waals surface area contributed by atoms with Crippen LogP contribution < -0.4 is 4.90 Å². The zero-order valence-corrected chi connectivity index (χ0v) is 23.1. The van der Waals surface area contributed by atoms with E-state index in [4.69, 9.17) is 4.52 Å². The van der Waals surface area contributed by atoms with E-state index in [9.17, 15) is 44.7 Å². The lowest BCUT2D eigenvalue weighted by molar-refractivity contribution is -0.265. The lowest BCUT2D eigenvalue weighted by Crippen LogP contribution is -2.54. The number of thiophene rings is 1. The standard InChI is InChI=1S/C23H22F6N4O6S2/c1-12-11-32(16-5-4-14(10-15(16)22(24,25)26)19-30-13(2)31-39-19)8-9-33(12)41(36,37)18-7-6-17(40-18)21(35,20(34)38-3)23(27,28)29/h4-7,10,12,35H,8-9,11H2,1-3H3. The maximum absolute atomic E-state index is 14.0. The second-order valence-electron chi connectivity index (χ2n) is 9.11. The molecule has 1 fully saturated rings. The van der Waals surface area contributed by atoms with Crippen LogP contribution in [0.15, 0.2) is 39.1 Å². The zero-order chi connectivity index (χ0) is 30.5. The second-order valence-corrected chi connectivity index (χ2v) is 12.3. The van der Waals surface area contributed by atoms with Crippen molar-refractivity contribution < 1.29 is 53.9 Å². The number of aryl methyl sites for hydroxylation is 1. The predicted octanol–water partition coefficient (Wildman–Crippen LogP) is 3.95. The first-order chi connectivity index (χ1) is 18.9. The molecule has 10 nitrogen and oxygen atoms in total. The van der Waals surface area contributed by atoms with Crippen molar-refractivity contribution in [3.8, 4) is 11.5 Å². The number of sulfonamides is 1. The van der Waals surface area contributed by atoms with Crippen LogP contribution in [0.4, 0.5) is 32.0 Å². The zero-order valence-electron chi connectivity index (χ0n) is 21.4. The summed E-state index contributed by atoms with van der Waals surface area (Å²) in [4.78, 5) is 16.1. The van der Waals surface area contributed by atoms with Crippen LogP contribution in [0.3, 0.4) is 0 Å². The molecule has 1 aliphatic rings. The molecule has 2 atom stereocenters. The van der Waals surface area contributed by atoms with Crippen LogP contribution in [0.5, 0.6) is 0 Å². The predicted molar refractivity (Wildman–Crippen MR) is 131 cm³/mol. The van der Waals surface area contributed by atoms with Gasteiger partial charge in [0.05, 0.1) is 17.6 Å². The highest BCUT2D eigenvalue weighted by atomic mass is 32.2. The lowest BCUT2D eigenvalue weighted by Gasteiger charge is -2.40. The van der Waals surface area contributed by atoms with Crippen LogP contribution in [0.2, 0.25) is 0 Å². The Bertz CT molecular complexity index is 1550. The first-order valence-electron chi connectivity index (χ1n) is 11.7. The van der Waals surface area contributed by atoms with E-state index in [1.54, 1.807) is 0 Å². The molecule has 1 N–H and O–H groups in total. The number of methoxy groups -OCH3 is 1. The number of aliphatic hydroxyl groups is 1. The molecule has 1 aliphatic heterocycles. The minimum atomic E-state index is -5.51. The van der Waals surface area contributed by atoms with Crippen molar-refractivity contribution >= 4 is 33.0 Å². The lowest BCUT2D eigenvalue weighted by atomic mass is 10.0. The fourth-order valence-corrected chi connectivity index (χ4v) is 7.52. The Morgan fingerprint density at radius 3 is 2.37 bits per heavy atom. The number of nitrogens with zero attached hydrogens (tertiary/aromatic N) is 4. The van der Waals surface area contributed by atoms with Gasteiger partial charge in [0.15, 0.2) is 5.82 Å². The van der Waals surface area contributed by atoms with Crippen molar-refractivity contribution in [2.45, 2.75) is 42.1 Å². The Kier molecular flexibility index (Phi) is 7.91. The Labute approximate surface area is 233 Å². The summed E-state index contributed by atoms with van der Waals surface area (Å²) in [6.07, 6.45) is -10.3. The van der Waals surface area contributed by atoms with Crippen molar-refractivity contribution in [2.24, 2.45) is 0 Å². The Morgan fingerprint density at radius 2 is 1.83 bits per heavy atom. The van der Waals surface area contributed by atoms with E-state index in [-0.39, 0.29) is 53.9 Å². The third kappa shape index (κ3) is 5.52. The quantitative estimate of drug-likeness (QED) is 0.319. The number of hydrogen-bond donors (Lipinski definition) is 1. The summed E-state index contributed by atoms with van der Waals surface area (Å²) in [5.41, 5.74) is -5.28. The molecule has 4 rings (SSSR count). The summed E-state index contributed by atoms with van der Waals surface area (Å²) < 4.78 is 119. The van der Waals surface area contributed by atoms with Crippen molar-refractivity contribution in [3.05, 3.63) is 46.6 Å². The van der Waals surface area contributed by atoms with Crippen LogP contribution in [0, 0.1) is 6.92 Å². The summed E-state index contributed by atoms with van der Waals surface area (Å²) >= 11 is 0.0345. The Balaban J connectivity index is 1.61. The molecule has 1 saturated heterocycles. The van der Waals surface area contributed by atoms with Gasteiger partial charge in [0.1, 0.15) is 4.21 Å². The van der Waals surface area contributed by atoms with Crippen LogP contribution in [-0.4, -0.2) is 72.9 Å². The average Bonchev–Trinajstić information content (AvgIpc) is 3.56. The highest BCUT2D eigenvalue weighted by Gasteiger charge is 2.63. The molecule has 0 saturated carbocycles. The molecule has 1 aromatic carbocycles. The number of halogens is 6. The molecular formula is C23H22F6N4O6S2. The van der Waals surface area contributed by atoms with Gasteiger partial charge in [-0.15, -0.1) is 11.3 Å². The summed E-state index contributed by atoms with van der Waals surface area (Å²) in [6.45, 7) is 2.26. The number of rotatable bonds is 6. The van der Waals surface area contributed by atoms with Gasteiger partial charge in [0.25, 0.3) is 21.5 Å². The topological polar surface area (TPSA) is 126 Å².